The third-order valence-corrected chi connectivity index (χ3v) is 2.67. The van der Waals surface area contributed by atoms with Gasteiger partial charge in [0.2, 0.25) is 0 Å². The standard InChI is InChI=1S/C10H13ClN2/c1-7-4-9(5-10(11)13-7)8-2-3-12-6-8/h4-5,8,12H,2-3,6H2,1H3. The molecule has 0 spiro atoms. The van der Waals surface area contributed by atoms with Gasteiger partial charge in [-0.05, 0) is 43.5 Å². The van der Waals surface area contributed by atoms with Crippen LogP contribution < -0.4 is 5.32 Å². The smallest absolute Gasteiger partial charge is 0.129 e. The van der Waals surface area contributed by atoms with Crippen LogP contribution in [0, 0.1) is 6.92 Å². The molecule has 1 aliphatic rings. The monoisotopic (exact) mass is 196 g/mol. The lowest BCUT2D eigenvalue weighted by molar-refractivity contribution is 0.760. The lowest BCUT2D eigenvalue weighted by Crippen LogP contribution is -2.08. The number of hydrogen-bond donors (Lipinski definition) is 1. The number of pyridine rings is 1. The second kappa shape index (κ2) is 3.64. The maximum atomic E-state index is 5.90. The second-order valence-corrected chi connectivity index (χ2v) is 3.94. The SMILES string of the molecule is Cc1cc(C2CCNC2)cc(Cl)n1. The summed E-state index contributed by atoms with van der Waals surface area (Å²) in [5, 5.41) is 3.96. The molecule has 70 valence electrons. The summed E-state index contributed by atoms with van der Waals surface area (Å²) < 4.78 is 0. The summed E-state index contributed by atoms with van der Waals surface area (Å²) >= 11 is 5.90. The van der Waals surface area contributed by atoms with Crippen molar-refractivity contribution >= 4 is 11.6 Å². The number of hydrogen-bond acceptors (Lipinski definition) is 2. The summed E-state index contributed by atoms with van der Waals surface area (Å²) in [6.45, 7) is 4.17. The number of halogens is 1. The molecule has 1 fully saturated rings. The average molecular weight is 197 g/mol. The Bertz CT molecular complexity index is 286. The second-order valence-electron chi connectivity index (χ2n) is 3.55. The van der Waals surface area contributed by atoms with E-state index in [4.69, 9.17) is 11.6 Å². The van der Waals surface area contributed by atoms with Crippen molar-refractivity contribution < 1.29 is 0 Å². The van der Waals surface area contributed by atoms with Gasteiger partial charge >= 0.3 is 0 Å². The molecule has 0 radical (unpaired) electrons. The molecule has 1 unspecified atom stereocenters. The Balaban J connectivity index is 2.28. The Morgan fingerprint density at radius 3 is 3.00 bits per heavy atom. The highest BCUT2D eigenvalue weighted by Crippen LogP contribution is 2.24. The van der Waals surface area contributed by atoms with Crippen LogP contribution in [0.2, 0.25) is 5.15 Å². The third kappa shape index (κ3) is 2.01. The summed E-state index contributed by atoms with van der Waals surface area (Å²) in [5.41, 5.74) is 2.33. The van der Waals surface area contributed by atoms with E-state index in [0.717, 1.165) is 18.8 Å². The number of nitrogens with zero attached hydrogens (tertiary/aromatic N) is 1. The number of aromatic nitrogens is 1. The highest BCUT2D eigenvalue weighted by Gasteiger charge is 2.17. The van der Waals surface area contributed by atoms with E-state index in [1.165, 1.54) is 12.0 Å². The van der Waals surface area contributed by atoms with Crippen molar-refractivity contribution in [3.8, 4) is 0 Å². The molecule has 0 amide bonds. The summed E-state index contributed by atoms with van der Waals surface area (Å²) in [5.74, 6) is 0.624. The van der Waals surface area contributed by atoms with E-state index in [1.807, 2.05) is 13.0 Å². The molecule has 0 aromatic carbocycles. The molecule has 1 saturated heterocycles. The van der Waals surface area contributed by atoms with Crippen LogP contribution in [-0.2, 0) is 0 Å². The van der Waals surface area contributed by atoms with E-state index in [9.17, 15) is 0 Å². The first-order valence-corrected chi connectivity index (χ1v) is 4.98. The predicted octanol–water partition coefficient (Wildman–Crippen LogP) is 2.12. The third-order valence-electron chi connectivity index (χ3n) is 2.48. The minimum Gasteiger partial charge on any atom is -0.316 e. The maximum absolute atomic E-state index is 5.90. The van der Waals surface area contributed by atoms with Gasteiger partial charge in [0.05, 0.1) is 0 Å². The van der Waals surface area contributed by atoms with Crippen LogP contribution in [0.15, 0.2) is 12.1 Å². The highest BCUT2D eigenvalue weighted by molar-refractivity contribution is 6.29. The van der Waals surface area contributed by atoms with Crippen LogP contribution >= 0.6 is 11.6 Å². The fourth-order valence-electron chi connectivity index (χ4n) is 1.83. The molecule has 13 heavy (non-hydrogen) atoms. The summed E-state index contributed by atoms with van der Waals surface area (Å²) in [4.78, 5) is 4.15. The van der Waals surface area contributed by atoms with Gasteiger partial charge in [-0.2, -0.15) is 0 Å². The van der Waals surface area contributed by atoms with E-state index < -0.39 is 0 Å². The average Bonchev–Trinajstić information content (AvgIpc) is 2.53. The zero-order chi connectivity index (χ0) is 9.26. The lowest BCUT2D eigenvalue weighted by Gasteiger charge is -2.09. The predicted molar refractivity (Wildman–Crippen MR) is 54.2 cm³/mol. The number of nitrogens with one attached hydrogen (secondary N) is 1. The lowest BCUT2D eigenvalue weighted by atomic mass is 9.99. The van der Waals surface area contributed by atoms with Crippen molar-refractivity contribution in [2.75, 3.05) is 13.1 Å². The van der Waals surface area contributed by atoms with E-state index >= 15 is 0 Å². The Morgan fingerprint density at radius 1 is 1.54 bits per heavy atom. The normalized spacial score (nSPS) is 22.2. The zero-order valence-electron chi connectivity index (χ0n) is 7.68. The molecule has 2 nitrogen and oxygen atoms in total. The van der Waals surface area contributed by atoms with Crippen molar-refractivity contribution in [2.45, 2.75) is 19.3 Å². The van der Waals surface area contributed by atoms with Crippen LogP contribution in [0.4, 0.5) is 0 Å². The topological polar surface area (TPSA) is 24.9 Å². The Hall–Kier alpha value is -0.600. The molecular weight excluding hydrogens is 184 g/mol. The number of aryl methyl sites for hydroxylation is 1. The number of rotatable bonds is 1. The van der Waals surface area contributed by atoms with E-state index in [2.05, 4.69) is 16.4 Å². The molecule has 0 saturated carbocycles. The fourth-order valence-corrected chi connectivity index (χ4v) is 2.09. The molecule has 1 aromatic rings. The first kappa shape index (κ1) is 8.97. The Labute approximate surface area is 83.3 Å². The van der Waals surface area contributed by atoms with Crippen LogP contribution in [0.1, 0.15) is 23.6 Å². The van der Waals surface area contributed by atoms with Crippen molar-refractivity contribution in [3.05, 3.63) is 28.5 Å². The van der Waals surface area contributed by atoms with Crippen molar-refractivity contribution in [3.63, 3.8) is 0 Å². The van der Waals surface area contributed by atoms with Crippen LogP contribution in [0.3, 0.4) is 0 Å². The van der Waals surface area contributed by atoms with Gasteiger partial charge in [-0.3, -0.25) is 0 Å². The molecule has 1 atom stereocenters. The van der Waals surface area contributed by atoms with Crippen molar-refractivity contribution in [2.24, 2.45) is 0 Å². The molecule has 1 N–H and O–H groups in total. The molecular formula is C10H13ClN2. The van der Waals surface area contributed by atoms with Gasteiger partial charge < -0.3 is 5.32 Å². The van der Waals surface area contributed by atoms with Crippen molar-refractivity contribution in [1.29, 1.82) is 0 Å². The quantitative estimate of drug-likeness (QED) is 0.697. The Morgan fingerprint density at radius 2 is 2.38 bits per heavy atom. The molecule has 1 aliphatic heterocycles. The summed E-state index contributed by atoms with van der Waals surface area (Å²) in [6, 6.07) is 4.11. The van der Waals surface area contributed by atoms with Crippen LogP contribution in [-0.4, -0.2) is 18.1 Å². The molecule has 0 aliphatic carbocycles. The van der Waals surface area contributed by atoms with Gasteiger partial charge in [0.1, 0.15) is 5.15 Å². The van der Waals surface area contributed by atoms with Gasteiger partial charge in [0.15, 0.2) is 0 Å². The van der Waals surface area contributed by atoms with Gasteiger partial charge in [-0.15, -0.1) is 0 Å². The molecule has 1 aromatic heterocycles. The van der Waals surface area contributed by atoms with Gasteiger partial charge in [0.25, 0.3) is 0 Å². The van der Waals surface area contributed by atoms with E-state index in [1.54, 1.807) is 0 Å². The molecule has 3 heteroatoms. The maximum Gasteiger partial charge on any atom is 0.129 e. The van der Waals surface area contributed by atoms with E-state index in [0.29, 0.717) is 11.1 Å². The minimum atomic E-state index is 0.613. The molecule has 2 heterocycles. The van der Waals surface area contributed by atoms with Crippen LogP contribution in [0.25, 0.3) is 0 Å². The van der Waals surface area contributed by atoms with Gasteiger partial charge in [0, 0.05) is 12.2 Å². The first-order chi connectivity index (χ1) is 6.25. The fraction of sp³-hybridized carbons (Fsp3) is 0.500. The van der Waals surface area contributed by atoms with Crippen LogP contribution in [0.5, 0.6) is 0 Å². The summed E-state index contributed by atoms with van der Waals surface area (Å²) in [7, 11) is 0. The minimum absolute atomic E-state index is 0.613. The van der Waals surface area contributed by atoms with Gasteiger partial charge in [-0.25, -0.2) is 4.98 Å². The molecule has 2 rings (SSSR count). The largest absolute Gasteiger partial charge is 0.316 e. The van der Waals surface area contributed by atoms with E-state index in [-0.39, 0.29) is 0 Å². The van der Waals surface area contributed by atoms with Gasteiger partial charge in [-0.1, -0.05) is 11.6 Å². The highest BCUT2D eigenvalue weighted by atomic mass is 35.5. The zero-order valence-corrected chi connectivity index (χ0v) is 8.43. The summed E-state index contributed by atoms with van der Waals surface area (Å²) in [6.07, 6.45) is 1.21. The van der Waals surface area contributed by atoms with Crippen molar-refractivity contribution in [1.82, 2.24) is 10.3 Å². The molecule has 0 bridgehead atoms. The first-order valence-electron chi connectivity index (χ1n) is 4.60. The Kier molecular flexibility index (Phi) is 2.51.